The number of nitriles is 1. The lowest BCUT2D eigenvalue weighted by Crippen LogP contribution is -2.21. The zero-order chi connectivity index (χ0) is 25.8. The molecule has 0 saturated heterocycles. The molecular weight excluding hydrogens is 477 g/mol. The van der Waals surface area contributed by atoms with Gasteiger partial charge in [-0.2, -0.15) is 5.26 Å². The van der Waals surface area contributed by atoms with Crippen LogP contribution in [0.4, 0.5) is 15.8 Å². The van der Waals surface area contributed by atoms with E-state index in [1.165, 1.54) is 12.1 Å². The van der Waals surface area contributed by atoms with Crippen LogP contribution in [0.25, 0.3) is 10.9 Å². The number of hydrogen-bond acceptors (Lipinski definition) is 6. The molecule has 0 spiro atoms. The maximum atomic E-state index is 13.8. The summed E-state index contributed by atoms with van der Waals surface area (Å²) in [6, 6.07) is 10.3. The second kappa shape index (κ2) is 8.75. The molecule has 9 heteroatoms. The standard InChI is InChI=1S/C27H25ClFN7/c1-2-27(9-10-27)33-24-17(13-30)14-31-26-21(24)11-19(12-22(26)28)32-25(16-3-5-18(29)6-4-16)23-15-36(35-34-23)20-7-8-20/h3-6,11-12,14-15,20,25,32H,2,7-10H2,1H3,(H,31,33)/t25-/m1/s1/i25D. The van der Waals surface area contributed by atoms with E-state index >= 15 is 0 Å². The van der Waals surface area contributed by atoms with Gasteiger partial charge >= 0.3 is 0 Å². The van der Waals surface area contributed by atoms with Gasteiger partial charge in [0, 0.05) is 22.8 Å². The van der Waals surface area contributed by atoms with Crippen LogP contribution < -0.4 is 10.6 Å². The van der Waals surface area contributed by atoms with Gasteiger partial charge in [0.15, 0.2) is 0 Å². The van der Waals surface area contributed by atoms with Crippen molar-refractivity contribution in [2.75, 3.05) is 10.6 Å². The largest absolute Gasteiger partial charge is 0.378 e. The number of nitrogens with zero attached hydrogens (tertiary/aromatic N) is 5. The molecule has 0 unspecified atom stereocenters. The summed E-state index contributed by atoms with van der Waals surface area (Å²) in [5.41, 5.74) is 3.07. The van der Waals surface area contributed by atoms with Crippen LogP contribution in [0.15, 0.2) is 48.8 Å². The van der Waals surface area contributed by atoms with Crippen molar-refractivity contribution < 1.29 is 5.76 Å². The maximum absolute atomic E-state index is 13.8. The molecule has 2 saturated carbocycles. The molecule has 2 aromatic carbocycles. The molecular formula is C27H25ClFN7. The van der Waals surface area contributed by atoms with Crippen LogP contribution in [-0.4, -0.2) is 25.5 Å². The van der Waals surface area contributed by atoms with Crippen LogP contribution in [0.2, 0.25) is 5.02 Å². The number of rotatable bonds is 8. The van der Waals surface area contributed by atoms with Gasteiger partial charge in [0.2, 0.25) is 0 Å². The molecule has 2 aliphatic rings. The van der Waals surface area contributed by atoms with E-state index < -0.39 is 11.8 Å². The molecule has 2 fully saturated rings. The highest BCUT2D eigenvalue weighted by Gasteiger charge is 2.41. The van der Waals surface area contributed by atoms with Gasteiger partial charge < -0.3 is 10.6 Å². The van der Waals surface area contributed by atoms with Crippen molar-refractivity contribution in [3.63, 3.8) is 0 Å². The third-order valence-electron chi connectivity index (χ3n) is 7.06. The highest BCUT2D eigenvalue weighted by atomic mass is 35.5. The molecule has 2 N–H and O–H groups in total. The average Bonchev–Trinajstić information content (AvgIpc) is 3.83. The van der Waals surface area contributed by atoms with E-state index in [1.54, 1.807) is 35.3 Å². The molecule has 2 aliphatic carbocycles. The van der Waals surface area contributed by atoms with E-state index in [0.29, 0.717) is 50.2 Å². The number of nitrogens with one attached hydrogen (secondary N) is 2. The van der Waals surface area contributed by atoms with Crippen molar-refractivity contribution in [2.24, 2.45) is 0 Å². The Morgan fingerprint density at radius 1 is 1.31 bits per heavy atom. The van der Waals surface area contributed by atoms with Crippen molar-refractivity contribution in [1.82, 2.24) is 20.0 Å². The summed E-state index contributed by atoms with van der Waals surface area (Å²) in [4.78, 5) is 4.45. The lowest BCUT2D eigenvalue weighted by Gasteiger charge is -2.22. The van der Waals surface area contributed by atoms with E-state index in [1.807, 2.05) is 6.07 Å². The summed E-state index contributed by atoms with van der Waals surface area (Å²) in [7, 11) is 0. The highest BCUT2D eigenvalue weighted by Crippen LogP contribution is 2.45. The zero-order valence-electron chi connectivity index (χ0n) is 20.7. The monoisotopic (exact) mass is 502 g/mol. The molecule has 182 valence electrons. The quantitative estimate of drug-likeness (QED) is 0.290. The minimum atomic E-state index is -1.58. The van der Waals surface area contributed by atoms with Gasteiger partial charge in [-0.05, 0) is 61.9 Å². The van der Waals surface area contributed by atoms with Crippen molar-refractivity contribution in [1.29, 1.82) is 5.26 Å². The minimum absolute atomic E-state index is 0.0373. The van der Waals surface area contributed by atoms with Crippen LogP contribution in [-0.2, 0) is 0 Å². The fourth-order valence-electron chi connectivity index (χ4n) is 4.49. The van der Waals surface area contributed by atoms with Crippen LogP contribution in [0.3, 0.4) is 0 Å². The van der Waals surface area contributed by atoms with Gasteiger partial charge in [0.1, 0.15) is 17.6 Å². The number of pyridine rings is 1. The molecule has 36 heavy (non-hydrogen) atoms. The summed E-state index contributed by atoms with van der Waals surface area (Å²) in [5, 5.41) is 26.3. The summed E-state index contributed by atoms with van der Waals surface area (Å²) in [5.74, 6) is -0.391. The van der Waals surface area contributed by atoms with Gasteiger partial charge in [0.25, 0.3) is 0 Å². The Bertz CT molecular complexity index is 1540. The highest BCUT2D eigenvalue weighted by molar-refractivity contribution is 6.35. The number of halogens is 2. The normalized spacial score (nSPS) is 18.2. The third-order valence-corrected chi connectivity index (χ3v) is 7.34. The van der Waals surface area contributed by atoms with Gasteiger partial charge in [0.05, 0.1) is 41.4 Å². The SMILES string of the molecule is [2H][C@@](Nc1cc(Cl)c2ncc(C#N)c(NC3(CC)CC3)c2c1)(c1ccc(F)cc1)c1cn(C2CC2)nn1. The lowest BCUT2D eigenvalue weighted by atomic mass is 10.0. The molecule has 0 bridgehead atoms. The number of hydrogen-bond donors (Lipinski definition) is 2. The van der Waals surface area contributed by atoms with Gasteiger partial charge in [-0.25, -0.2) is 9.07 Å². The molecule has 0 amide bonds. The Labute approximate surface area is 214 Å². The molecule has 6 rings (SSSR count). The number of benzene rings is 2. The van der Waals surface area contributed by atoms with E-state index in [2.05, 4.69) is 38.9 Å². The molecule has 2 heterocycles. The topological polar surface area (TPSA) is 91.5 Å². The molecule has 1 atom stereocenters. The summed E-state index contributed by atoms with van der Waals surface area (Å²) in [6.45, 7) is 2.13. The van der Waals surface area contributed by atoms with Gasteiger partial charge in [-0.15, -0.1) is 5.10 Å². The number of anilines is 2. The minimum Gasteiger partial charge on any atom is -0.378 e. The summed E-state index contributed by atoms with van der Waals surface area (Å²) < 4.78 is 25.0. The fraction of sp³-hybridized carbons (Fsp3) is 0.333. The van der Waals surface area contributed by atoms with E-state index in [-0.39, 0.29) is 5.54 Å². The first-order valence-electron chi connectivity index (χ1n) is 12.6. The smallest absolute Gasteiger partial charge is 0.123 e. The summed E-state index contributed by atoms with van der Waals surface area (Å²) in [6.07, 6.45) is 8.36. The number of aromatic nitrogens is 4. The maximum Gasteiger partial charge on any atom is 0.123 e. The molecule has 4 aromatic rings. The van der Waals surface area contributed by atoms with E-state index in [4.69, 9.17) is 11.6 Å². The molecule has 2 aromatic heterocycles. The van der Waals surface area contributed by atoms with Gasteiger partial charge in [-0.3, -0.25) is 4.98 Å². The Kier molecular flexibility index (Phi) is 5.24. The molecule has 7 nitrogen and oxygen atoms in total. The van der Waals surface area contributed by atoms with Crippen molar-refractivity contribution >= 4 is 33.9 Å². The van der Waals surface area contributed by atoms with Crippen LogP contribution in [0.5, 0.6) is 0 Å². The zero-order valence-corrected chi connectivity index (χ0v) is 20.5. The second-order valence-electron chi connectivity index (χ2n) is 9.59. The molecule has 0 aliphatic heterocycles. The van der Waals surface area contributed by atoms with Crippen LogP contribution in [0, 0.1) is 17.1 Å². The first-order valence-corrected chi connectivity index (χ1v) is 12.5. The third kappa shape index (κ3) is 4.24. The van der Waals surface area contributed by atoms with Crippen LogP contribution >= 0.6 is 11.6 Å². The van der Waals surface area contributed by atoms with E-state index in [0.717, 1.165) is 32.1 Å². The van der Waals surface area contributed by atoms with Crippen molar-refractivity contribution in [2.45, 2.75) is 56.6 Å². The lowest BCUT2D eigenvalue weighted by molar-refractivity contribution is 0.610. The van der Waals surface area contributed by atoms with E-state index in [9.17, 15) is 11.0 Å². The Morgan fingerprint density at radius 2 is 2.08 bits per heavy atom. The Balaban J connectivity index is 1.47. The van der Waals surface area contributed by atoms with Crippen LogP contribution in [0.1, 0.15) is 69.3 Å². The molecule has 0 radical (unpaired) electrons. The summed E-state index contributed by atoms with van der Waals surface area (Å²) >= 11 is 6.69. The Hall–Kier alpha value is -3.70. The predicted molar refractivity (Wildman–Crippen MR) is 138 cm³/mol. The Morgan fingerprint density at radius 3 is 2.75 bits per heavy atom. The van der Waals surface area contributed by atoms with Crippen molar-refractivity contribution in [3.05, 3.63) is 76.5 Å². The average molecular weight is 503 g/mol. The first-order chi connectivity index (χ1) is 17.8. The first kappa shape index (κ1) is 21.6. The predicted octanol–water partition coefficient (Wildman–Crippen LogP) is 6.38. The van der Waals surface area contributed by atoms with Crippen molar-refractivity contribution in [3.8, 4) is 6.07 Å². The second-order valence-corrected chi connectivity index (χ2v) is 10.0. The van der Waals surface area contributed by atoms with Gasteiger partial charge in [-0.1, -0.05) is 35.9 Å². The number of fused-ring (bicyclic) bond motifs is 1. The fourth-order valence-corrected chi connectivity index (χ4v) is 4.76.